The number of aryl methyl sites for hydroxylation is 1. The van der Waals surface area contributed by atoms with Crippen LogP contribution in [0.3, 0.4) is 0 Å². The van der Waals surface area contributed by atoms with E-state index >= 15 is 0 Å². The highest BCUT2D eigenvalue weighted by Crippen LogP contribution is 2.39. The number of benzene rings is 1. The Hall–Kier alpha value is -1.26. The molecule has 0 radical (unpaired) electrons. The van der Waals surface area contributed by atoms with E-state index in [1.54, 1.807) is 0 Å². The Morgan fingerprint density at radius 3 is 2.47 bits per heavy atom. The third-order valence-electron chi connectivity index (χ3n) is 3.80. The molecule has 106 valence electrons. The second kappa shape index (κ2) is 5.80. The van der Waals surface area contributed by atoms with Crippen molar-refractivity contribution < 1.29 is 9.47 Å². The molecule has 0 saturated carbocycles. The first-order valence-electron chi connectivity index (χ1n) is 6.81. The first-order chi connectivity index (χ1) is 9.04. The molecule has 1 aliphatic heterocycles. The fourth-order valence-corrected chi connectivity index (χ4v) is 2.89. The first kappa shape index (κ1) is 14.2. The summed E-state index contributed by atoms with van der Waals surface area (Å²) in [7, 11) is 4.23. The minimum absolute atomic E-state index is 0.323. The third kappa shape index (κ3) is 2.85. The van der Waals surface area contributed by atoms with Gasteiger partial charge in [0.15, 0.2) is 11.5 Å². The minimum atomic E-state index is 0.323. The van der Waals surface area contributed by atoms with Crippen LogP contribution in [0, 0.1) is 12.8 Å². The number of hydrogen-bond donors (Lipinski definition) is 1. The Kier molecular flexibility index (Phi) is 4.32. The molecular formula is C15H24N2O2. The molecule has 0 bridgehead atoms. The fourth-order valence-electron chi connectivity index (χ4n) is 2.89. The molecule has 2 unspecified atom stereocenters. The van der Waals surface area contributed by atoms with Crippen molar-refractivity contribution in [3.05, 3.63) is 23.3 Å². The van der Waals surface area contributed by atoms with Crippen LogP contribution in [0.4, 0.5) is 0 Å². The van der Waals surface area contributed by atoms with Crippen molar-refractivity contribution in [1.82, 2.24) is 4.90 Å². The van der Waals surface area contributed by atoms with Crippen molar-refractivity contribution in [2.45, 2.75) is 26.3 Å². The topological polar surface area (TPSA) is 47.7 Å². The van der Waals surface area contributed by atoms with Crippen molar-refractivity contribution >= 4 is 0 Å². The average Bonchev–Trinajstić information content (AvgIpc) is 2.76. The van der Waals surface area contributed by atoms with Crippen LogP contribution in [0.5, 0.6) is 11.5 Å². The molecule has 0 aromatic heterocycles. The number of fused-ring (bicyclic) bond motifs is 1. The Morgan fingerprint density at radius 1 is 1.26 bits per heavy atom. The molecular weight excluding hydrogens is 240 g/mol. The number of ether oxygens (including phenoxy) is 2. The standard InChI is InChI=1S/C15H24N2O2/c1-10(5-6-16)15(17(3)4)12-8-14-13(7-11(12)2)18-9-19-14/h7-8,10,15H,5-6,9,16H2,1-4H3. The van der Waals surface area contributed by atoms with Crippen LogP contribution in [-0.2, 0) is 0 Å². The van der Waals surface area contributed by atoms with Gasteiger partial charge in [0.1, 0.15) is 0 Å². The Morgan fingerprint density at radius 2 is 1.89 bits per heavy atom. The van der Waals surface area contributed by atoms with Gasteiger partial charge in [0.25, 0.3) is 0 Å². The lowest BCUT2D eigenvalue weighted by Gasteiger charge is -2.31. The Bertz CT molecular complexity index is 446. The highest BCUT2D eigenvalue weighted by Gasteiger charge is 2.25. The van der Waals surface area contributed by atoms with Crippen molar-refractivity contribution in [3.8, 4) is 11.5 Å². The van der Waals surface area contributed by atoms with Gasteiger partial charge in [-0.2, -0.15) is 0 Å². The van der Waals surface area contributed by atoms with Crippen LogP contribution >= 0.6 is 0 Å². The molecule has 2 rings (SSSR count). The molecule has 0 amide bonds. The van der Waals surface area contributed by atoms with Crippen LogP contribution in [0.1, 0.15) is 30.5 Å². The number of hydrogen-bond acceptors (Lipinski definition) is 4. The summed E-state index contributed by atoms with van der Waals surface area (Å²) < 4.78 is 10.9. The molecule has 1 aromatic rings. The molecule has 19 heavy (non-hydrogen) atoms. The minimum Gasteiger partial charge on any atom is -0.454 e. The maximum atomic E-state index is 5.71. The van der Waals surface area contributed by atoms with Gasteiger partial charge in [0, 0.05) is 6.04 Å². The monoisotopic (exact) mass is 264 g/mol. The number of nitrogens with zero attached hydrogens (tertiary/aromatic N) is 1. The number of nitrogens with two attached hydrogens (primary N) is 1. The van der Waals surface area contributed by atoms with Gasteiger partial charge >= 0.3 is 0 Å². The Labute approximate surface area is 115 Å². The quantitative estimate of drug-likeness (QED) is 0.886. The predicted octanol–water partition coefficient (Wildman–Crippen LogP) is 2.31. The lowest BCUT2D eigenvalue weighted by Crippen LogP contribution is -2.28. The highest BCUT2D eigenvalue weighted by atomic mass is 16.7. The zero-order valence-electron chi connectivity index (χ0n) is 12.3. The van der Waals surface area contributed by atoms with E-state index in [-0.39, 0.29) is 0 Å². The van der Waals surface area contributed by atoms with Gasteiger partial charge in [0.2, 0.25) is 6.79 Å². The van der Waals surface area contributed by atoms with Crippen LogP contribution in [0.25, 0.3) is 0 Å². The van der Waals surface area contributed by atoms with Crippen LogP contribution in [-0.4, -0.2) is 32.3 Å². The van der Waals surface area contributed by atoms with Crippen LogP contribution in [0.2, 0.25) is 0 Å². The normalized spacial score (nSPS) is 16.7. The summed E-state index contributed by atoms with van der Waals surface area (Å²) in [5.41, 5.74) is 8.25. The van der Waals surface area contributed by atoms with E-state index in [2.05, 4.69) is 45.0 Å². The lowest BCUT2D eigenvalue weighted by atomic mass is 9.88. The molecule has 0 saturated heterocycles. The fraction of sp³-hybridized carbons (Fsp3) is 0.600. The van der Waals surface area contributed by atoms with Gasteiger partial charge in [0.05, 0.1) is 0 Å². The SMILES string of the molecule is Cc1cc2c(cc1C(C(C)CCN)N(C)C)OCO2. The van der Waals surface area contributed by atoms with Crippen molar-refractivity contribution in [2.24, 2.45) is 11.7 Å². The van der Waals surface area contributed by atoms with Crippen molar-refractivity contribution in [3.63, 3.8) is 0 Å². The molecule has 4 nitrogen and oxygen atoms in total. The van der Waals surface area contributed by atoms with E-state index in [0.29, 0.717) is 18.8 Å². The third-order valence-corrected chi connectivity index (χ3v) is 3.80. The van der Waals surface area contributed by atoms with Crippen LogP contribution < -0.4 is 15.2 Å². The molecule has 0 fully saturated rings. The van der Waals surface area contributed by atoms with Gasteiger partial charge in [-0.1, -0.05) is 6.92 Å². The molecule has 1 heterocycles. The largest absolute Gasteiger partial charge is 0.454 e. The summed E-state index contributed by atoms with van der Waals surface area (Å²) in [4.78, 5) is 2.25. The first-order valence-corrected chi connectivity index (χ1v) is 6.81. The summed E-state index contributed by atoms with van der Waals surface area (Å²) in [6.07, 6.45) is 1.01. The van der Waals surface area contributed by atoms with Gasteiger partial charge in [-0.25, -0.2) is 0 Å². The molecule has 2 N–H and O–H groups in total. The Balaban J connectivity index is 2.36. The molecule has 0 aliphatic carbocycles. The van der Waals surface area contributed by atoms with E-state index in [1.165, 1.54) is 11.1 Å². The molecule has 0 spiro atoms. The van der Waals surface area contributed by atoms with Crippen molar-refractivity contribution in [1.29, 1.82) is 0 Å². The summed E-state index contributed by atoms with van der Waals surface area (Å²) in [5.74, 6) is 2.21. The smallest absolute Gasteiger partial charge is 0.231 e. The van der Waals surface area contributed by atoms with Gasteiger partial charge in [-0.05, 0) is 63.2 Å². The lowest BCUT2D eigenvalue weighted by molar-refractivity contribution is 0.173. The average molecular weight is 264 g/mol. The summed E-state index contributed by atoms with van der Waals surface area (Å²) in [5, 5.41) is 0. The van der Waals surface area contributed by atoms with E-state index in [9.17, 15) is 0 Å². The molecule has 1 aliphatic rings. The van der Waals surface area contributed by atoms with Crippen LogP contribution in [0.15, 0.2) is 12.1 Å². The van der Waals surface area contributed by atoms with E-state index in [4.69, 9.17) is 15.2 Å². The van der Waals surface area contributed by atoms with E-state index in [0.717, 1.165) is 24.5 Å². The number of rotatable bonds is 5. The van der Waals surface area contributed by atoms with Gasteiger partial charge < -0.3 is 20.1 Å². The summed E-state index contributed by atoms with van der Waals surface area (Å²) in [6, 6.07) is 4.54. The summed E-state index contributed by atoms with van der Waals surface area (Å²) in [6.45, 7) is 5.42. The maximum Gasteiger partial charge on any atom is 0.231 e. The van der Waals surface area contributed by atoms with Gasteiger partial charge in [-0.3, -0.25) is 0 Å². The molecule has 1 aromatic carbocycles. The molecule has 4 heteroatoms. The van der Waals surface area contributed by atoms with Gasteiger partial charge in [-0.15, -0.1) is 0 Å². The summed E-state index contributed by atoms with van der Waals surface area (Å²) >= 11 is 0. The van der Waals surface area contributed by atoms with E-state index in [1.807, 2.05) is 0 Å². The zero-order valence-corrected chi connectivity index (χ0v) is 12.3. The second-order valence-corrected chi connectivity index (χ2v) is 5.53. The maximum absolute atomic E-state index is 5.71. The van der Waals surface area contributed by atoms with Crippen molar-refractivity contribution in [2.75, 3.05) is 27.4 Å². The van der Waals surface area contributed by atoms with E-state index < -0.39 is 0 Å². The molecule has 2 atom stereocenters. The predicted molar refractivity (Wildman–Crippen MR) is 76.6 cm³/mol. The zero-order chi connectivity index (χ0) is 14.0. The highest BCUT2D eigenvalue weighted by molar-refractivity contribution is 5.49. The second-order valence-electron chi connectivity index (χ2n) is 5.53.